The molecule has 3 heteroatoms. The summed E-state index contributed by atoms with van der Waals surface area (Å²) in [4.78, 5) is 2.16. The van der Waals surface area contributed by atoms with Gasteiger partial charge in [0.25, 0.3) is 0 Å². The van der Waals surface area contributed by atoms with Crippen LogP contribution in [0, 0.1) is 0 Å². The smallest absolute Gasteiger partial charge is 0.0365 e. The molecular weight excluding hydrogens is 240 g/mol. The van der Waals surface area contributed by atoms with Crippen molar-refractivity contribution in [3.05, 3.63) is 28.7 Å². The topological polar surface area (TPSA) is 29.3 Å². The quantitative estimate of drug-likeness (QED) is 0.901. The predicted octanol–water partition coefficient (Wildman–Crippen LogP) is 2.62. The van der Waals surface area contributed by atoms with Gasteiger partial charge in [0.2, 0.25) is 0 Å². The van der Waals surface area contributed by atoms with Crippen LogP contribution in [0.2, 0.25) is 0 Å². The van der Waals surface area contributed by atoms with Gasteiger partial charge in [-0.15, -0.1) is 0 Å². The van der Waals surface area contributed by atoms with E-state index < -0.39 is 0 Å². The van der Waals surface area contributed by atoms with Crippen molar-refractivity contribution in [2.75, 3.05) is 18.5 Å². The van der Waals surface area contributed by atoms with Gasteiger partial charge in [0.1, 0.15) is 0 Å². The lowest BCUT2D eigenvalue weighted by molar-refractivity contribution is 0.519. The Morgan fingerprint density at radius 1 is 1.29 bits per heavy atom. The molecule has 0 radical (unpaired) electrons. The molecule has 0 aliphatic rings. The summed E-state index contributed by atoms with van der Waals surface area (Å²) in [6.07, 6.45) is 0. The van der Waals surface area contributed by atoms with Gasteiger partial charge in [-0.3, -0.25) is 0 Å². The average Bonchev–Trinajstić information content (AvgIpc) is 2.02. The van der Waals surface area contributed by atoms with Gasteiger partial charge >= 0.3 is 0 Å². The molecule has 2 N–H and O–H groups in total. The third-order valence-electron chi connectivity index (χ3n) is 1.91. The van der Waals surface area contributed by atoms with Crippen molar-refractivity contribution in [3.63, 3.8) is 0 Å². The minimum Gasteiger partial charge on any atom is -0.373 e. The molecule has 2 nitrogen and oxygen atoms in total. The van der Waals surface area contributed by atoms with Crippen molar-refractivity contribution >= 4 is 21.6 Å². The number of nitrogens with zero attached hydrogens (tertiary/aromatic N) is 1. The van der Waals surface area contributed by atoms with E-state index in [0.717, 1.165) is 11.0 Å². The zero-order valence-electron chi connectivity index (χ0n) is 8.92. The molecule has 0 aliphatic carbocycles. The monoisotopic (exact) mass is 256 g/mol. The predicted molar refractivity (Wildman–Crippen MR) is 65.7 cm³/mol. The van der Waals surface area contributed by atoms with Crippen molar-refractivity contribution in [1.29, 1.82) is 0 Å². The maximum absolute atomic E-state index is 5.95. The number of halogens is 1. The van der Waals surface area contributed by atoms with Crippen molar-refractivity contribution in [2.45, 2.75) is 19.4 Å². The number of hydrogen-bond donors (Lipinski definition) is 1. The van der Waals surface area contributed by atoms with E-state index in [9.17, 15) is 0 Å². The molecule has 0 fully saturated rings. The fraction of sp³-hybridized carbons (Fsp3) is 0.455. The standard InChI is InChI=1S/C11H17BrN2/c1-11(2,13)8-14(3)10-6-4-9(12)5-7-10/h4-7H,8,13H2,1-3H3. The van der Waals surface area contributed by atoms with Crippen LogP contribution in [-0.2, 0) is 0 Å². The first kappa shape index (κ1) is 11.5. The molecule has 1 aromatic rings. The zero-order valence-corrected chi connectivity index (χ0v) is 10.5. The van der Waals surface area contributed by atoms with Crippen LogP contribution in [0.3, 0.4) is 0 Å². The molecule has 78 valence electrons. The molecule has 0 saturated carbocycles. The van der Waals surface area contributed by atoms with Gasteiger partial charge in [0.15, 0.2) is 0 Å². The van der Waals surface area contributed by atoms with E-state index in [0.29, 0.717) is 0 Å². The summed E-state index contributed by atoms with van der Waals surface area (Å²) in [6.45, 7) is 4.90. The highest BCUT2D eigenvalue weighted by atomic mass is 79.9. The van der Waals surface area contributed by atoms with Gasteiger partial charge in [0, 0.05) is 29.3 Å². The van der Waals surface area contributed by atoms with Crippen LogP contribution in [-0.4, -0.2) is 19.1 Å². The maximum atomic E-state index is 5.95. The summed E-state index contributed by atoms with van der Waals surface area (Å²) >= 11 is 3.41. The summed E-state index contributed by atoms with van der Waals surface area (Å²) < 4.78 is 1.10. The molecule has 0 bridgehead atoms. The molecule has 0 aliphatic heterocycles. The molecule has 14 heavy (non-hydrogen) atoms. The van der Waals surface area contributed by atoms with Crippen molar-refractivity contribution < 1.29 is 0 Å². The molecule has 0 heterocycles. The van der Waals surface area contributed by atoms with Crippen LogP contribution in [0.15, 0.2) is 28.7 Å². The lowest BCUT2D eigenvalue weighted by Gasteiger charge is -2.28. The average molecular weight is 257 g/mol. The van der Waals surface area contributed by atoms with E-state index in [4.69, 9.17) is 5.73 Å². The minimum atomic E-state index is -0.165. The maximum Gasteiger partial charge on any atom is 0.0365 e. The Morgan fingerprint density at radius 2 is 1.79 bits per heavy atom. The van der Waals surface area contributed by atoms with Gasteiger partial charge in [-0.2, -0.15) is 0 Å². The third kappa shape index (κ3) is 3.68. The zero-order chi connectivity index (χ0) is 10.8. The molecule has 0 atom stereocenters. The summed E-state index contributed by atoms with van der Waals surface area (Å²) in [5, 5.41) is 0. The van der Waals surface area contributed by atoms with Gasteiger partial charge in [-0.25, -0.2) is 0 Å². The molecule has 0 unspecified atom stereocenters. The summed E-state index contributed by atoms with van der Waals surface area (Å²) in [5.41, 5.74) is 6.97. The molecule has 0 amide bonds. The number of benzene rings is 1. The number of nitrogens with two attached hydrogens (primary N) is 1. The highest BCUT2D eigenvalue weighted by molar-refractivity contribution is 9.10. The van der Waals surface area contributed by atoms with Crippen LogP contribution in [0.1, 0.15) is 13.8 Å². The Balaban J connectivity index is 2.70. The van der Waals surface area contributed by atoms with E-state index in [-0.39, 0.29) is 5.54 Å². The number of likely N-dealkylation sites (N-methyl/N-ethyl adjacent to an activating group) is 1. The van der Waals surface area contributed by atoms with Gasteiger partial charge in [0.05, 0.1) is 0 Å². The molecule has 0 spiro atoms. The third-order valence-corrected chi connectivity index (χ3v) is 2.44. The van der Waals surface area contributed by atoms with Crippen LogP contribution in [0.25, 0.3) is 0 Å². The Hall–Kier alpha value is -0.540. The summed E-state index contributed by atoms with van der Waals surface area (Å²) in [7, 11) is 2.05. The Morgan fingerprint density at radius 3 is 2.21 bits per heavy atom. The Kier molecular flexibility index (Phi) is 3.56. The second kappa shape index (κ2) is 4.32. The SMILES string of the molecule is CN(CC(C)(C)N)c1ccc(Br)cc1. The molecule has 1 aromatic carbocycles. The van der Waals surface area contributed by atoms with E-state index in [1.54, 1.807) is 0 Å². The van der Waals surface area contributed by atoms with E-state index in [1.165, 1.54) is 5.69 Å². The van der Waals surface area contributed by atoms with Crippen LogP contribution >= 0.6 is 15.9 Å². The van der Waals surface area contributed by atoms with E-state index >= 15 is 0 Å². The number of hydrogen-bond acceptors (Lipinski definition) is 2. The number of anilines is 1. The second-order valence-electron chi connectivity index (χ2n) is 4.32. The highest BCUT2D eigenvalue weighted by Gasteiger charge is 2.13. The van der Waals surface area contributed by atoms with Crippen molar-refractivity contribution in [1.82, 2.24) is 0 Å². The van der Waals surface area contributed by atoms with Gasteiger partial charge < -0.3 is 10.6 Å². The van der Waals surface area contributed by atoms with Gasteiger partial charge in [-0.1, -0.05) is 15.9 Å². The Labute approximate surface area is 94.2 Å². The molecule has 0 aromatic heterocycles. The van der Waals surface area contributed by atoms with Crippen molar-refractivity contribution in [2.24, 2.45) is 5.73 Å². The van der Waals surface area contributed by atoms with Crippen LogP contribution in [0.5, 0.6) is 0 Å². The van der Waals surface area contributed by atoms with Crippen LogP contribution in [0.4, 0.5) is 5.69 Å². The highest BCUT2D eigenvalue weighted by Crippen LogP contribution is 2.18. The van der Waals surface area contributed by atoms with E-state index in [2.05, 4.69) is 40.0 Å². The first-order valence-corrected chi connectivity index (χ1v) is 5.43. The van der Waals surface area contributed by atoms with Gasteiger partial charge in [-0.05, 0) is 38.1 Å². The summed E-state index contributed by atoms with van der Waals surface area (Å²) in [5.74, 6) is 0. The molecular formula is C11H17BrN2. The number of rotatable bonds is 3. The van der Waals surface area contributed by atoms with Crippen LogP contribution < -0.4 is 10.6 Å². The molecule has 1 rings (SSSR count). The fourth-order valence-electron chi connectivity index (χ4n) is 1.40. The second-order valence-corrected chi connectivity index (χ2v) is 5.24. The summed E-state index contributed by atoms with van der Waals surface area (Å²) in [6, 6.07) is 8.23. The lowest BCUT2D eigenvalue weighted by atomic mass is 10.1. The van der Waals surface area contributed by atoms with Crippen molar-refractivity contribution in [3.8, 4) is 0 Å². The van der Waals surface area contributed by atoms with E-state index in [1.807, 2.05) is 26.0 Å². The first-order chi connectivity index (χ1) is 6.38. The normalized spacial score (nSPS) is 11.5. The largest absolute Gasteiger partial charge is 0.373 e. The minimum absolute atomic E-state index is 0.165. The lowest BCUT2D eigenvalue weighted by Crippen LogP contribution is -2.43. The molecule has 0 saturated heterocycles. The Bertz CT molecular complexity index is 287. The first-order valence-electron chi connectivity index (χ1n) is 4.64. The fourth-order valence-corrected chi connectivity index (χ4v) is 1.66.